The van der Waals surface area contributed by atoms with Gasteiger partial charge in [-0.3, -0.25) is 10.1 Å². The summed E-state index contributed by atoms with van der Waals surface area (Å²) in [6, 6.07) is 6.43. The quantitative estimate of drug-likeness (QED) is 0.637. The molecule has 0 aliphatic carbocycles. The van der Waals surface area contributed by atoms with Crippen LogP contribution < -0.4 is 5.32 Å². The van der Waals surface area contributed by atoms with Gasteiger partial charge in [-0.2, -0.15) is 5.26 Å². The number of nitriles is 1. The van der Waals surface area contributed by atoms with Crippen LogP contribution in [-0.4, -0.2) is 36.5 Å². The highest BCUT2D eigenvalue weighted by Crippen LogP contribution is 2.27. The van der Waals surface area contributed by atoms with Crippen LogP contribution in [0.5, 0.6) is 0 Å². The molecule has 0 saturated carbocycles. The van der Waals surface area contributed by atoms with E-state index in [9.17, 15) is 10.1 Å². The largest absolute Gasteiger partial charge is 0.375 e. The Hall–Kier alpha value is -2.13. The molecule has 1 N–H and O–H groups in total. The van der Waals surface area contributed by atoms with Gasteiger partial charge >= 0.3 is 0 Å². The number of nitro groups is 1. The summed E-state index contributed by atoms with van der Waals surface area (Å²) in [7, 11) is 3.91. The van der Waals surface area contributed by atoms with E-state index in [0.29, 0.717) is 17.2 Å². The molecule has 20 heavy (non-hydrogen) atoms. The Balaban J connectivity index is 3.09. The molecule has 0 aliphatic rings. The Bertz CT molecular complexity index is 520. The van der Waals surface area contributed by atoms with E-state index in [1.165, 1.54) is 18.2 Å². The summed E-state index contributed by atoms with van der Waals surface area (Å²) in [5.41, 5.74) is 0.800. The van der Waals surface area contributed by atoms with Crippen LogP contribution >= 0.6 is 0 Å². The van der Waals surface area contributed by atoms with E-state index in [2.05, 4.69) is 19.2 Å². The lowest BCUT2D eigenvalue weighted by Crippen LogP contribution is -2.36. The lowest BCUT2D eigenvalue weighted by molar-refractivity contribution is -0.384. The van der Waals surface area contributed by atoms with Crippen LogP contribution in [0.4, 0.5) is 11.4 Å². The summed E-state index contributed by atoms with van der Waals surface area (Å²) in [5, 5.41) is 23.2. The number of anilines is 1. The van der Waals surface area contributed by atoms with Gasteiger partial charge in [-0.15, -0.1) is 0 Å². The molecular formula is C14H20N4O2. The topological polar surface area (TPSA) is 82.2 Å². The summed E-state index contributed by atoms with van der Waals surface area (Å²) in [6.07, 6.45) is 0. The summed E-state index contributed by atoms with van der Waals surface area (Å²) in [6.45, 7) is 4.87. The van der Waals surface area contributed by atoms with Gasteiger partial charge in [0.05, 0.1) is 16.6 Å². The van der Waals surface area contributed by atoms with Crippen LogP contribution in [0.15, 0.2) is 18.2 Å². The first-order chi connectivity index (χ1) is 9.35. The highest BCUT2D eigenvalue weighted by atomic mass is 16.6. The Kier molecular flexibility index (Phi) is 5.47. The van der Waals surface area contributed by atoms with Crippen LogP contribution in [0.25, 0.3) is 0 Å². The number of nitrogens with one attached hydrogen (secondary N) is 1. The minimum Gasteiger partial charge on any atom is -0.375 e. The first kappa shape index (κ1) is 15.9. The Morgan fingerprint density at radius 3 is 2.55 bits per heavy atom. The third-order valence-corrected chi connectivity index (χ3v) is 3.03. The second kappa shape index (κ2) is 6.87. The average molecular weight is 276 g/mol. The van der Waals surface area contributed by atoms with E-state index in [4.69, 9.17) is 5.26 Å². The molecule has 6 nitrogen and oxygen atoms in total. The molecule has 0 amide bonds. The fraction of sp³-hybridized carbons (Fsp3) is 0.500. The van der Waals surface area contributed by atoms with Crippen LogP contribution in [0.3, 0.4) is 0 Å². The number of nitro benzene ring substituents is 1. The molecule has 1 aromatic carbocycles. The van der Waals surface area contributed by atoms with Gasteiger partial charge in [-0.1, -0.05) is 13.8 Å². The van der Waals surface area contributed by atoms with Gasteiger partial charge in [0.1, 0.15) is 5.69 Å². The zero-order chi connectivity index (χ0) is 15.3. The maximum atomic E-state index is 11.1. The third kappa shape index (κ3) is 4.21. The SMILES string of the molecule is CC(C)C(CN(C)C)Nc1cc(C#N)ccc1[N+](=O)[O-]. The van der Waals surface area contributed by atoms with Crippen molar-refractivity contribution in [2.45, 2.75) is 19.9 Å². The predicted molar refractivity (Wildman–Crippen MR) is 78.6 cm³/mol. The molecule has 0 heterocycles. The first-order valence-electron chi connectivity index (χ1n) is 6.45. The first-order valence-corrected chi connectivity index (χ1v) is 6.45. The van der Waals surface area contributed by atoms with Crippen molar-refractivity contribution in [2.24, 2.45) is 5.92 Å². The van der Waals surface area contributed by atoms with Gasteiger partial charge in [-0.25, -0.2) is 0 Å². The van der Waals surface area contributed by atoms with Crippen molar-refractivity contribution in [3.8, 4) is 6.07 Å². The van der Waals surface area contributed by atoms with Crippen LogP contribution in [-0.2, 0) is 0 Å². The van der Waals surface area contributed by atoms with E-state index >= 15 is 0 Å². The highest BCUT2D eigenvalue weighted by molar-refractivity contribution is 5.64. The van der Waals surface area contributed by atoms with Gasteiger partial charge < -0.3 is 10.2 Å². The maximum absolute atomic E-state index is 11.1. The highest BCUT2D eigenvalue weighted by Gasteiger charge is 2.20. The molecule has 0 radical (unpaired) electrons. The van der Waals surface area contributed by atoms with Crippen LogP contribution in [0.1, 0.15) is 19.4 Å². The molecule has 0 aromatic heterocycles. The minimum atomic E-state index is -0.434. The number of hydrogen-bond acceptors (Lipinski definition) is 5. The average Bonchev–Trinajstić information content (AvgIpc) is 2.36. The van der Waals surface area contributed by atoms with Gasteiger partial charge in [0.2, 0.25) is 0 Å². The normalized spacial score (nSPS) is 12.2. The predicted octanol–water partition coefficient (Wildman–Crippen LogP) is 2.46. The molecule has 0 spiro atoms. The Morgan fingerprint density at radius 1 is 1.45 bits per heavy atom. The zero-order valence-corrected chi connectivity index (χ0v) is 12.3. The number of nitrogens with zero attached hydrogens (tertiary/aromatic N) is 3. The van der Waals surface area contributed by atoms with Gasteiger partial charge in [-0.05, 0) is 32.1 Å². The van der Waals surface area contributed by atoms with Crippen molar-refractivity contribution in [1.82, 2.24) is 4.90 Å². The number of likely N-dealkylation sites (N-methyl/N-ethyl adjacent to an activating group) is 1. The molecule has 0 aliphatic heterocycles. The number of benzene rings is 1. The fourth-order valence-corrected chi connectivity index (χ4v) is 1.90. The molecule has 108 valence electrons. The molecule has 1 atom stereocenters. The zero-order valence-electron chi connectivity index (χ0n) is 12.3. The minimum absolute atomic E-state index is 0.00611. The Morgan fingerprint density at radius 2 is 2.10 bits per heavy atom. The van der Waals surface area contributed by atoms with E-state index in [1.54, 1.807) is 0 Å². The molecule has 0 saturated heterocycles. The van der Waals surface area contributed by atoms with Crippen LogP contribution in [0.2, 0.25) is 0 Å². The lowest BCUT2D eigenvalue weighted by atomic mass is 10.0. The molecule has 6 heteroatoms. The van der Waals surface area contributed by atoms with Crippen molar-refractivity contribution in [2.75, 3.05) is 26.0 Å². The summed E-state index contributed by atoms with van der Waals surface area (Å²) in [5.74, 6) is 0.308. The summed E-state index contributed by atoms with van der Waals surface area (Å²) >= 11 is 0. The molecule has 1 aromatic rings. The standard InChI is InChI=1S/C14H20N4O2/c1-10(2)13(9-17(3)4)16-12-7-11(8-15)5-6-14(12)18(19)20/h5-7,10,13,16H,9H2,1-4H3. The number of rotatable bonds is 6. The summed E-state index contributed by atoms with van der Waals surface area (Å²) < 4.78 is 0. The smallest absolute Gasteiger partial charge is 0.292 e. The van der Waals surface area contributed by atoms with Crippen molar-refractivity contribution in [1.29, 1.82) is 5.26 Å². The lowest BCUT2D eigenvalue weighted by Gasteiger charge is -2.26. The second-order valence-corrected chi connectivity index (χ2v) is 5.36. The third-order valence-electron chi connectivity index (χ3n) is 3.03. The molecule has 0 fully saturated rings. The number of hydrogen-bond donors (Lipinski definition) is 1. The van der Waals surface area contributed by atoms with E-state index in [0.717, 1.165) is 6.54 Å². The van der Waals surface area contributed by atoms with E-state index in [1.807, 2.05) is 25.1 Å². The van der Waals surface area contributed by atoms with Gasteiger partial charge in [0.25, 0.3) is 5.69 Å². The van der Waals surface area contributed by atoms with Crippen LogP contribution in [0, 0.1) is 27.4 Å². The van der Waals surface area contributed by atoms with Crippen molar-refractivity contribution < 1.29 is 4.92 Å². The summed E-state index contributed by atoms with van der Waals surface area (Å²) in [4.78, 5) is 12.7. The molecule has 1 rings (SSSR count). The monoisotopic (exact) mass is 276 g/mol. The molecule has 0 bridgehead atoms. The molecular weight excluding hydrogens is 256 g/mol. The Labute approximate surface area is 119 Å². The fourth-order valence-electron chi connectivity index (χ4n) is 1.90. The van der Waals surface area contributed by atoms with Crippen molar-refractivity contribution in [3.05, 3.63) is 33.9 Å². The second-order valence-electron chi connectivity index (χ2n) is 5.36. The van der Waals surface area contributed by atoms with Gasteiger partial charge in [0.15, 0.2) is 0 Å². The maximum Gasteiger partial charge on any atom is 0.292 e. The van der Waals surface area contributed by atoms with Crippen molar-refractivity contribution in [3.63, 3.8) is 0 Å². The molecule has 1 unspecified atom stereocenters. The van der Waals surface area contributed by atoms with E-state index < -0.39 is 4.92 Å². The van der Waals surface area contributed by atoms with Gasteiger partial charge in [0, 0.05) is 18.7 Å². The van der Waals surface area contributed by atoms with Crippen molar-refractivity contribution >= 4 is 11.4 Å². The van der Waals surface area contributed by atoms with E-state index in [-0.39, 0.29) is 11.7 Å².